The largest absolute Gasteiger partial charge is 0.487 e. The minimum Gasteiger partial charge on any atom is -0.487 e. The van der Waals surface area contributed by atoms with Crippen molar-refractivity contribution in [2.24, 2.45) is 0 Å². The second-order valence-corrected chi connectivity index (χ2v) is 8.85. The van der Waals surface area contributed by atoms with Crippen molar-refractivity contribution in [2.45, 2.75) is 50.8 Å². The van der Waals surface area contributed by atoms with Gasteiger partial charge in [-0.25, -0.2) is 27.4 Å². The molecule has 0 fully saturated rings. The third kappa shape index (κ3) is 6.34. The Morgan fingerprint density at radius 3 is 2.24 bits per heavy atom. The van der Waals surface area contributed by atoms with Gasteiger partial charge in [-0.2, -0.15) is 5.10 Å². The van der Waals surface area contributed by atoms with Gasteiger partial charge in [-0.05, 0) is 17.7 Å². The maximum Gasteiger partial charge on any atom is 0.348 e. The van der Waals surface area contributed by atoms with Gasteiger partial charge in [-0.15, -0.1) is 0 Å². The lowest BCUT2D eigenvalue weighted by atomic mass is 9.78. The standard InChI is InChI=1S/C27H29F3N2O6/c1-27(2,22(26(34)36-4)38-25(33)21(35-3)17-10-6-5-7-11-17)19-12-8-9-13-20(19)37-16-18-14-15-31-32(18)24(30)23(28)29/h5-15,21-24H,16H2,1-4H3. The van der Waals surface area contributed by atoms with Crippen molar-refractivity contribution < 1.29 is 41.7 Å². The quantitative estimate of drug-likeness (QED) is 0.304. The van der Waals surface area contributed by atoms with Crippen molar-refractivity contribution in [2.75, 3.05) is 14.2 Å². The second-order valence-electron chi connectivity index (χ2n) is 8.85. The van der Waals surface area contributed by atoms with Crippen LogP contribution in [0.25, 0.3) is 0 Å². The number of hydrogen-bond donors (Lipinski definition) is 0. The fourth-order valence-electron chi connectivity index (χ4n) is 3.97. The molecule has 0 N–H and O–H groups in total. The average molecular weight is 535 g/mol. The number of hydrogen-bond acceptors (Lipinski definition) is 7. The lowest BCUT2D eigenvalue weighted by molar-refractivity contribution is -0.177. The molecular weight excluding hydrogens is 505 g/mol. The molecule has 0 amide bonds. The van der Waals surface area contributed by atoms with Gasteiger partial charge < -0.3 is 18.9 Å². The van der Waals surface area contributed by atoms with E-state index in [1.165, 1.54) is 26.5 Å². The summed E-state index contributed by atoms with van der Waals surface area (Å²) in [5.74, 6) is -1.35. The maximum atomic E-state index is 13.9. The highest BCUT2D eigenvalue weighted by Crippen LogP contribution is 2.37. The molecule has 1 aromatic heterocycles. The lowest BCUT2D eigenvalue weighted by Crippen LogP contribution is -2.45. The van der Waals surface area contributed by atoms with E-state index in [0.717, 1.165) is 0 Å². The predicted octanol–water partition coefficient (Wildman–Crippen LogP) is 4.95. The molecule has 0 bridgehead atoms. The number of alkyl halides is 3. The fraction of sp³-hybridized carbons (Fsp3) is 0.370. The SMILES string of the molecule is COC(=O)C(OC(=O)C(OC)c1ccccc1)C(C)(C)c1ccccc1OCc1ccnn1C(F)C(F)F. The number of aromatic nitrogens is 2. The van der Waals surface area contributed by atoms with E-state index < -0.39 is 42.3 Å². The monoisotopic (exact) mass is 534 g/mol. The Hall–Kier alpha value is -3.86. The van der Waals surface area contributed by atoms with Gasteiger partial charge in [-0.1, -0.05) is 62.4 Å². The van der Waals surface area contributed by atoms with E-state index in [2.05, 4.69) is 5.10 Å². The lowest BCUT2D eigenvalue weighted by Gasteiger charge is -2.34. The molecule has 3 aromatic rings. The summed E-state index contributed by atoms with van der Waals surface area (Å²) in [4.78, 5) is 26.0. The van der Waals surface area contributed by atoms with Crippen molar-refractivity contribution in [1.82, 2.24) is 9.78 Å². The van der Waals surface area contributed by atoms with E-state index in [1.54, 1.807) is 68.4 Å². The summed E-state index contributed by atoms with van der Waals surface area (Å²) >= 11 is 0. The third-order valence-corrected chi connectivity index (χ3v) is 6.01. The zero-order chi connectivity index (χ0) is 27.9. The summed E-state index contributed by atoms with van der Waals surface area (Å²) in [7, 11) is 2.52. The van der Waals surface area contributed by atoms with Crippen LogP contribution in [-0.4, -0.2) is 48.5 Å². The number of benzene rings is 2. The molecule has 1 heterocycles. The first-order valence-electron chi connectivity index (χ1n) is 11.6. The van der Waals surface area contributed by atoms with E-state index >= 15 is 0 Å². The van der Waals surface area contributed by atoms with Crippen molar-refractivity contribution in [3.63, 3.8) is 0 Å². The molecule has 3 rings (SSSR count). The minimum absolute atomic E-state index is 0.0761. The molecule has 0 radical (unpaired) electrons. The molecule has 3 unspecified atom stereocenters. The number of ether oxygens (including phenoxy) is 4. The molecule has 204 valence electrons. The topological polar surface area (TPSA) is 88.9 Å². The second kappa shape index (κ2) is 12.6. The number of esters is 2. The summed E-state index contributed by atoms with van der Waals surface area (Å²) in [6.45, 7) is 3.03. The van der Waals surface area contributed by atoms with Gasteiger partial charge in [0, 0.05) is 24.3 Å². The number of methoxy groups -OCH3 is 2. The van der Waals surface area contributed by atoms with E-state index in [-0.39, 0.29) is 18.1 Å². The van der Waals surface area contributed by atoms with Gasteiger partial charge in [0.05, 0.1) is 12.8 Å². The highest BCUT2D eigenvalue weighted by Gasteiger charge is 2.43. The third-order valence-electron chi connectivity index (χ3n) is 6.01. The summed E-state index contributed by atoms with van der Waals surface area (Å²) < 4.78 is 62.0. The molecule has 8 nitrogen and oxygen atoms in total. The number of para-hydroxylation sites is 1. The molecular formula is C27H29F3N2O6. The van der Waals surface area contributed by atoms with Crippen LogP contribution in [0.3, 0.4) is 0 Å². The highest BCUT2D eigenvalue weighted by molar-refractivity contribution is 5.83. The molecule has 0 saturated carbocycles. The summed E-state index contributed by atoms with van der Waals surface area (Å²) in [5, 5.41) is 3.62. The zero-order valence-electron chi connectivity index (χ0n) is 21.3. The molecule has 0 saturated heterocycles. The summed E-state index contributed by atoms with van der Waals surface area (Å²) in [6.07, 6.45) is -7.20. The molecule has 0 spiro atoms. The van der Waals surface area contributed by atoms with Crippen molar-refractivity contribution in [1.29, 1.82) is 0 Å². The Labute approximate surface area is 218 Å². The van der Waals surface area contributed by atoms with Crippen LogP contribution in [0.15, 0.2) is 66.9 Å². The van der Waals surface area contributed by atoms with E-state index in [1.807, 2.05) is 0 Å². The number of rotatable bonds is 12. The molecule has 0 aliphatic heterocycles. The first-order chi connectivity index (χ1) is 18.1. The van der Waals surface area contributed by atoms with Crippen LogP contribution in [0, 0.1) is 0 Å². The summed E-state index contributed by atoms with van der Waals surface area (Å²) in [5.41, 5.74) is -0.127. The minimum atomic E-state index is -3.26. The number of carbonyl (C=O) groups excluding carboxylic acids is 2. The molecule has 2 aromatic carbocycles. The zero-order valence-corrected chi connectivity index (χ0v) is 21.3. The first-order valence-corrected chi connectivity index (χ1v) is 11.6. The predicted molar refractivity (Wildman–Crippen MR) is 130 cm³/mol. The van der Waals surface area contributed by atoms with Crippen LogP contribution in [0.5, 0.6) is 5.75 Å². The van der Waals surface area contributed by atoms with Crippen molar-refractivity contribution in [3.05, 3.63) is 83.7 Å². The van der Waals surface area contributed by atoms with Gasteiger partial charge >= 0.3 is 11.9 Å². The average Bonchev–Trinajstić information content (AvgIpc) is 3.39. The van der Waals surface area contributed by atoms with E-state index in [0.29, 0.717) is 15.8 Å². The Morgan fingerprint density at radius 2 is 1.61 bits per heavy atom. The molecule has 11 heteroatoms. The van der Waals surface area contributed by atoms with Crippen LogP contribution < -0.4 is 4.74 Å². The highest BCUT2D eigenvalue weighted by atomic mass is 19.3. The van der Waals surface area contributed by atoms with Crippen LogP contribution in [0.4, 0.5) is 13.2 Å². The van der Waals surface area contributed by atoms with Crippen LogP contribution in [0.1, 0.15) is 43.1 Å². The van der Waals surface area contributed by atoms with Crippen LogP contribution in [0.2, 0.25) is 0 Å². The fourth-order valence-corrected chi connectivity index (χ4v) is 3.97. The summed E-state index contributed by atoms with van der Waals surface area (Å²) in [6, 6.07) is 16.6. The van der Waals surface area contributed by atoms with Gasteiger partial charge in [0.25, 0.3) is 12.7 Å². The van der Waals surface area contributed by atoms with Gasteiger partial charge in [0.2, 0.25) is 6.10 Å². The Morgan fingerprint density at radius 1 is 0.947 bits per heavy atom. The van der Waals surface area contributed by atoms with Gasteiger partial charge in [0.1, 0.15) is 12.4 Å². The van der Waals surface area contributed by atoms with Crippen LogP contribution in [-0.2, 0) is 35.8 Å². The molecule has 0 aliphatic rings. The normalized spacial score (nSPS) is 14.0. The van der Waals surface area contributed by atoms with Crippen molar-refractivity contribution >= 4 is 11.9 Å². The Bertz CT molecular complexity index is 1220. The van der Waals surface area contributed by atoms with E-state index in [9.17, 15) is 22.8 Å². The molecule has 3 atom stereocenters. The smallest absolute Gasteiger partial charge is 0.348 e. The Balaban J connectivity index is 1.89. The Kier molecular flexibility index (Phi) is 9.51. The van der Waals surface area contributed by atoms with Gasteiger partial charge in [0.15, 0.2) is 6.10 Å². The molecule has 0 aliphatic carbocycles. The number of nitrogens with zero attached hydrogens (tertiary/aromatic N) is 2. The van der Waals surface area contributed by atoms with Crippen molar-refractivity contribution in [3.8, 4) is 5.75 Å². The molecule has 38 heavy (non-hydrogen) atoms. The van der Waals surface area contributed by atoms with Gasteiger partial charge in [-0.3, -0.25) is 0 Å². The first kappa shape index (κ1) is 28.7. The maximum absolute atomic E-state index is 13.9. The van der Waals surface area contributed by atoms with Crippen LogP contribution >= 0.6 is 0 Å². The number of carbonyl (C=O) groups is 2. The van der Waals surface area contributed by atoms with E-state index in [4.69, 9.17) is 18.9 Å². The number of halogens is 3.